The molecule has 0 unspecified atom stereocenters. The molecule has 2 aliphatic rings. The fourth-order valence-corrected chi connectivity index (χ4v) is 3.61. The molecule has 2 heterocycles. The molecule has 2 aromatic rings. The van der Waals surface area contributed by atoms with E-state index in [1.165, 1.54) is 5.56 Å². The number of hydrogen-bond donors (Lipinski definition) is 1. The van der Waals surface area contributed by atoms with E-state index in [1.807, 2.05) is 12.1 Å². The zero-order valence-corrected chi connectivity index (χ0v) is 14.3. The minimum absolute atomic E-state index is 0.445. The van der Waals surface area contributed by atoms with E-state index in [-0.39, 0.29) is 0 Å². The largest absolute Gasteiger partial charge is 0.338 e. The smallest absolute Gasteiger partial charge is 0.257 e. The Kier molecular flexibility index (Phi) is 4.15. The number of benzene rings is 1. The van der Waals surface area contributed by atoms with Gasteiger partial charge in [0.1, 0.15) is 0 Å². The maximum Gasteiger partial charge on any atom is 0.257 e. The van der Waals surface area contributed by atoms with Crippen molar-refractivity contribution in [3.05, 3.63) is 41.1 Å². The highest BCUT2D eigenvalue weighted by molar-refractivity contribution is 5.67. The van der Waals surface area contributed by atoms with Gasteiger partial charge >= 0.3 is 0 Å². The van der Waals surface area contributed by atoms with Crippen molar-refractivity contribution in [2.24, 2.45) is 5.73 Å². The summed E-state index contributed by atoms with van der Waals surface area (Å²) in [5.74, 6) is 0.794. The first-order valence-corrected chi connectivity index (χ1v) is 8.85. The normalized spacial score (nSPS) is 20.5. The first-order valence-electron chi connectivity index (χ1n) is 8.85. The van der Waals surface area contributed by atoms with Crippen molar-refractivity contribution in [1.82, 2.24) is 9.97 Å². The predicted octanol–water partition coefficient (Wildman–Crippen LogP) is 3.50. The highest BCUT2D eigenvalue weighted by atomic mass is 19.3. The van der Waals surface area contributed by atoms with Gasteiger partial charge < -0.3 is 10.6 Å². The van der Waals surface area contributed by atoms with Gasteiger partial charge in [-0.05, 0) is 38.2 Å². The lowest BCUT2D eigenvalue weighted by Gasteiger charge is -2.39. The lowest BCUT2D eigenvalue weighted by molar-refractivity contribution is 0.116. The van der Waals surface area contributed by atoms with Crippen molar-refractivity contribution in [2.75, 3.05) is 11.4 Å². The average molecular weight is 344 g/mol. The number of aromatic nitrogens is 2. The molecule has 6 heteroatoms. The van der Waals surface area contributed by atoms with Crippen molar-refractivity contribution >= 4 is 5.95 Å². The third-order valence-electron chi connectivity index (χ3n) is 5.34. The third kappa shape index (κ3) is 2.88. The molecule has 0 saturated carbocycles. The molecule has 0 bridgehead atoms. The minimum atomic E-state index is -2.56. The van der Waals surface area contributed by atoms with Crippen LogP contribution in [0.3, 0.4) is 0 Å². The van der Waals surface area contributed by atoms with Gasteiger partial charge in [0.2, 0.25) is 5.95 Å². The molecule has 0 radical (unpaired) electrons. The molecule has 1 aliphatic carbocycles. The quantitative estimate of drug-likeness (QED) is 0.922. The van der Waals surface area contributed by atoms with Gasteiger partial charge in [-0.1, -0.05) is 24.3 Å². The summed E-state index contributed by atoms with van der Waals surface area (Å²) >= 11 is 0. The van der Waals surface area contributed by atoms with Crippen molar-refractivity contribution in [3.63, 3.8) is 0 Å². The van der Waals surface area contributed by atoms with E-state index in [2.05, 4.69) is 11.8 Å². The van der Waals surface area contributed by atoms with Gasteiger partial charge in [-0.25, -0.2) is 18.7 Å². The average Bonchev–Trinajstić information content (AvgIpc) is 3.07. The molecule has 1 saturated heterocycles. The zero-order chi connectivity index (χ0) is 17.6. The standard InChI is InChI=1S/C19H22F2N4/c1-11-9-10-25(11)19-23-15-4-2-3-14(15)17(24-19)13-7-5-12(6-8-13)16(22)18(20)21/h5-8,11,16,18H,2-4,9-10,22H2,1H3/t11-,16+/m0/s1. The van der Waals surface area contributed by atoms with Crippen LogP contribution < -0.4 is 10.6 Å². The maximum atomic E-state index is 12.8. The Morgan fingerprint density at radius 1 is 1.16 bits per heavy atom. The Morgan fingerprint density at radius 2 is 1.92 bits per heavy atom. The van der Waals surface area contributed by atoms with Crippen molar-refractivity contribution in [2.45, 2.75) is 51.1 Å². The fourth-order valence-electron chi connectivity index (χ4n) is 3.61. The molecule has 2 N–H and O–H groups in total. The van der Waals surface area contributed by atoms with Gasteiger partial charge in [0.15, 0.2) is 0 Å². The van der Waals surface area contributed by atoms with Crippen LogP contribution in [0, 0.1) is 0 Å². The Hall–Kier alpha value is -2.08. The predicted molar refractivity (Wildman–Crippen MR) is 93.9 cm³/mol. The van der Waals surface area contributed by atoms with Crippen molar-refractivity contribution in [3.8, 4) is 11.3 Å². The van der Waals surface area contributed by atoms with E-state index in [0.717, 1.165) is 55.1 Å². The molecule has 4 rings (SSSR count). The Labute approximate surface area is 146 Å². The molecule has 4 nitrogen and oxygen atoms in total. The maximum absolute atomic E-state index is 12.8. The second-order valence-electron chi connectivity index (χ2n) is 6.96. The van der Waals surface area contributed by atoms with E-state index in [4.69, 9.17) is 15.7 Å². The SMILES string of the molecule is C[C@H]1CCN1c1nc2c(c(-c3ccc([C@@H](N)C(F)F)cc3)n1)CCC2. The Balaban J connectivity index is 1.72. The Bertz CT molecular complexity index is 776. The first kappa shape index (κ1) is 16.4. The van der Waals surface area contributed by atoms with Gasteiger partial charge in [-0.2, -0.15) is 0 Å². The van der Waals surface area contributed by atoms with Crippen LogP contribution in [0.5, 0.6) is 0 Å². The van der Waals surface area contributed by atoms with Gasteiger partial charge in [-0.15, -0.1) is 0 Å². The highest BCUT2D eigenvalue weighted by Crippen LogP contribution is 2.34. The van der Waals surface area contributed by atoms with Gasteiger partial charge in [-0.3, -0.25) is 0 Å². The summed E-state index contributed by atoms with van der Waals surface area (Å²) in [6.07, 6.45) is 1.64. The number of aryl methyl sites for hydroxylation is 1. The summed E-state index contributed by atoms with van der Waals surface area (Å²) in [6, 6.07) is 6.29. The van der Waals surface area contributed by atoms with E-state index < -0.39 is 12.5 Å². The van der Waals surface area contributed by atoms with Crippen LogP contribution in [-0.4, -0.2) is 29.0 Å². The van der Waals surface area contributed by atoms with E-state index in [1.54, 1.807) is 12.1 Å². The summed E-state index contributed by atoms with van der Waals surface area (Å²) in [5, 5.41) is 0. The number of anilines is 1. The Morgan fingerprint density at radius 3 is 2.52 bits per heavy atom. The molecule has 2 atom stereocenters. The van der Waals surface area contributed by atoms with E-state index in [9.17, 15) is 8.78 Å². The van der Waals surface area contributed by atoms with Crippen LogP contribution in [0.1, 0.15) is 42.6 Å². The molecule has 1 aliphatic heterocycles. The molecule has 25 heavy (non-hydrogen) atoms. The van der Waals surface area contributed by atoms with Crippen LogP contribution in [0.2, 0.25) is 0 Å². The van der Waals surface area contributed by atoms with Crippen molar-refractivity contribution < 1.29 is 8.78 Å². The number of rotatable bonds is 4. The molecule has 0 amide bonds. The van der Waals surface area contributed by atoms with Crippen LogP contribution in [-0.2, 0) is 12.8 Å². The van der Waals surface area contributed by atoms with Crippen LogP contribution in [0.4, 0.5) is 14.7 Å². The summed E-state index contributed by atoms with van der Waals surface area (Å²) in [7, 11) is 0. The molecule has 1 fully saturated rings. The van der Waals surface area contributed by atoms with Gasteiger partial charge in [0.25, 0.3) is 6.43 Å². The molecule has 132 valence electrons. The molecular weight excluding hydrogens is 322 g/mol. The number of halogens is 2. The highest BCUT2D eigenvalue weighted by Gasteiger charge is 2.29. The lowest BCUT2D eigenvalue weighted by Crippen LogP contribution is -2.46. The van der Waals surface area contributed by atoms with Crippen molar-refractivity contribution in [1.29, 1.82) is 0 Å². The zero-order valence-electron chi connectivity index (χ0n) is 14.3. The molecule has 1 aromatic carbocycles. The second-order valence-corrected chi connectivity index (χ2v) is 6.96. The number of fused-ring (bicyclic) bond motifs is 1. The van der Waals surface area contributed by atoms with Gasteiger partial charge in [0.05, 0.1) is 11.7 Å². The van der Waals surface area contributed by atoms with Gasteiger partial charge in [0, 0.05) is 29.4 Å². The molecule has 0 spiro atoms. The second kappa shape index (κ2) is 6.33. The summed E-state index contributed by atoms with van der Waals surface area (Å²) < 4.78 is 25.6. The van der Waals surface area contributed by atoms with E-state index in [0.29, 0.717) is 11.6 Å². The number of alkyl halides is 2. The molecule has 1 aromatic heterocycles. The summed E-state index contributed by atoms with van der Waals surface area (Å²) in [6.45, 7) is 3.17. The summed E-state index contributed by atoms with van der Waals surface area (Å²) in [4.78, 5) is 11.8. The first-order chi connectivity index (χ1) is 12.0. The minimum Gasteiger partial charge on any atom is -0.338 e. The lowest BCUT2D eigenvalue weighted by atomic mass is 10.0. The topological polar surface area (TPSA) is 55.0 Å². The summed E-state index contributed by atoms with van der Waals surface area (Å²) in [5.41, 5.74) is 10.2. The van der Waals surface area contributed by atoms with Crippen LogP contribution in [0.15, 0.2) is 24.3 Å². The van der Waals surface area contributed by atoms with E-state index >= 15 is 0 Å². The third-order valence-corrected chi connectivity index (χ3v) is 5.34. The van der Waals surface area contributed by atoms with Crippen LogP contribution in [0.25, 0.3) is 11.3 Å². The number of hydrogen-bond acceptors (Lipinski definition) is 4. The number of nitrogens with two attached hydrogens (primary N) is 1. The number of nitrogens with zero attached hydrogens (tertiary/aromatic N) is 3. The fraction of sp³-hybridized carbons (Fsp3) is 0.474. The monoisotopic (exact) mass is 344 g/mol. The molecular formula is C19H22F2N4. The van der Waals surface area contributed by atoms with Crippen LogP contribution >= 0.6 is 0 Å².